The van der Waals surface area contributed by atoms with E-state index in [0.717, 1.165) is 157 Å². The maximum Gasteiger partial charge on any atom is 0.416 e. The number of methoxy groups -OCH3 is 1. The molecule has 14 rings (SSSR count). The summed E-state index contributed by atoms with van der Waals surface area (Å²) in [6.07, 6.45) is 9.50. The first-order valence-corrected chi connectivity index (χ1v) is 33.6. The third-order valence-electron chi connectivity index (χ3n) is 19.3. The third-order valence-corrected chi connectivity index (χ3v) is 19.3. The highest BCUT2D eigenvalue weighted by molar-refractivity contribution is 5.94. The van der Waals surface area contributed by atoms with Gasteiger partial charge in [-0.15, -0.1) is 0 Å². The van der Waals surface area contributed by atoms with Crippen LogP contribution in [0.3, 0.4) is 0 Å². The second-order valence-corrected chi connectivity index (χ2v) is 25.3. The van der Waals surface area contributed by atoms with E-state index in [1.807, 2.05) is 84.6 Å². The predicted octanol–water partition coefficient (Wildman–Crippen LogP) is 10.2. The second-order valence-electron chi connectivity index (χ2n) is 25.3. The van der Waals surface area contributed by atoms with Crippen LogP contribution in [0.2, 0.25) is 0 Å². The summed E-state index contributed by atoms with van der Waals surface area (Å²) in [5.74, 6) is 2.90. The Hall–Kier alpha value is -8.18. The predicted molar refractivity (Wildman–Crippen MR) is 360 cm³/mol. The summed E-state index contributed by atoms with van der Waals surface area (Å²) in [4.78, 5) is 49.5. The number of carbonyl (C=O) groups excluding carboxylic acids is 3. The molecule has 0 atom stereocenters. The Morgan fingerprint density at radius 1 is 0.638 bits per heavy atom. The fourth-order valence-corrected chi connectivity index (χ4v) is 14.2. The van der Waals surface area contributed by atoms with Crippen molar-refractivity contribution in [2.45, 2.75) is 138 Å². The topological polar surface area (TPSA) is 206 Å². The minimum Gasteiger partial charge on any atom is -0.497 e. The Balaban J connectivity index is 0.000000128. The van der Waals surface area contributed by atoms with Crippen LogP contribution in [0.1, 0.15) is 125 Å². The lowest BCUT2D eigenvalue weighted by Gasteiger charge is -2.42. The Morgan fingerprint density at radius 3 is 1.72 bits per heavy atom. The largest absolute Gasteiger partial charge is 0.497 e. The summed E-state index contributed by atoms with van der Waals surface area (Å²) in [5.41, 5.74) is 4.44. The number of nitrogens with zero attached hydrogens (tertiary/aromatic N) is 6. The molecule has 504 valence electrons. The smallest absolute Gasteiger partial charge is 0.416 e. The van der Waals surface area contributed by atoms with Crippen LogP contribution in [0.15, 0.2) is 156 Å². The maximum atomic E-state index is 12.9. The highest BCUT2D eigenvalue weighted by atomic mass is 19.4. The summed E-state index contributed by atoms with van der Waals surface area (Å²) in [5, 5.41) is 26.7. The molecule has 0 unspecified atom stereocenters. The molecule has 94 heavy (non-hydrogen) atoms. The molecule has 5 aromatic carbocycles. The van der Waals surface area contributed by atoms with Crippen molar-refractivity contribution in [1.29, 1.82) is 0 Å². The number of rotatable bonds is 11. The highest BCUT2D eigenvalue weighted by Crippen LogP contribution is 2.40. The number of hydrogen-bond acceptors (Lipinski definition) is 16. The number of alkyl halides is 3. The summed E-state index contributed by atoms with van der Waals surface area (Å²) in [6.45, 7) is 16.3. The van der Waals surface area contributed by atoms with Gasteiger partial charge in [0.05, 0.1) is 32.6 Å². The lowest BCUT2D eigenvalue weighted by molar-refractivity contribution is -0.137. The lowest BCUT2D eigenvalue weighted by Crippen LogP contribution is -2.57. The van der Waals surface area contributed by atoms with Gasteiger partial charge >= 0.3 is 12.3 Å². The van der Waals surface area contributed by atoms with E-state index in [0.29, 0.717) is 56.9 Å². The van der Waals surface area contributed by atoms with E-state index in [9.17, 15) is 27.6 Å². The molecule has 3 spiro atoms. The number of halogens is 3. The number of piperidine rings is 4. The quantitative estimate of drug-likeness (QED) is 0.0644. The Labute approximate surface area is 551 Å². The zero-order valence-electron chi connectivity index (χ0n) is 54.5. The Bertz CT molecular complexity index is 3350. The molecule has 7 saturated heterocycles. The molecule has 0 radical (unpaired) electrons. The fraction of sp³-hybridized carbons (Fsp3) is 0.486. The molecule has 8 heterocycles. The van der Waals surface area contributed by atoms with Crippen LogP contribution in [0, 0.1) is 0 Å². The van der Waals surface area contributed by atoms with Crippen molar-refractivity contribution >= 4 is 35.0 Å². The van der Waals surface area contributed by atoms with Gasteiger partial charge in [0.2, 0.25) is 17.7 Å². The molecule has 19 nitrogen and oxygen atoms in total. The van der Waals surface area contributed by atoms with Crippen LogP contribution in [-0.2, 0) is 33.5 Å². The zero-order valence-corrected chi connectivity index (χ0v) is 54.5. The monoisotopic (exact) mass is 1290 g/mol. The van der Waals surface area contributed by atoms with Gasteiger partial charge < -0.3 is 70.8 Å². The van der Waals surface area contributed by atoms with Gasteiger partial charge in [0, 0.05) is 66.6 Å². The molecular formula is C72H94F3N13O6. The van der Waals surface area contributed by atoms with Gasteiger partial charge in [-0.05, 0) is 164 Å². The molecule has 3 amide bonds. The molecule has 8 aliphatic rings. The molecule has 1 saturated carbocycles. The van der Waals surface area contributed by atoms with Gasteiger partial charge in [0.15, 0.2) is 5.82 Å². The van der Waals surface area contributed by atoms with Crippen LogP contribution in [0.4, 0.5) is 35.0 Å². The van der Waals surface area contributed by atoms with Gasteiger partial charge in [-0.2, -0.15) is 18.2 Å². The molecule has 7 N–H and O–H groups in total. The van der Waals surface area contributed by atoms with E-state index < -0.39 is 22.8 Å². The van der Waals surface area contributed by atoms with Crippen molar-refractivity contribution in [3.63, 3.8) is 0 Å². The van der Waals surface area contributed by atoms with Crippen molar-refractivity contribution < 1.29 is 41.6 Å². The van der Waals surface area contributed by atoms with E-state index in [-0.39, 0.29) is 30.2 Å². The molecule has 7 aliphatic heterocycles. The van der Waals surface area contributed by atoms with Crippen molar-refractivity contribution in [2.75, 3.05) is 101 Å². The van der Waals surface area contributed by atoms with Crippen molar-refractivity contribution in [1.82, 2.24) is 52.3 Å². The number of carbonyl (C=O) groups is 3. The van der Waals surface area contributed by atoms with Crippen molar-refractivity contribution in [2.24, 2.45) is 0 Å². The van der Waals surface area contributed by atoms with E-state index in [4.69, 9.17) is 14.0 Å². The van der Waals surface area contributed by atoms with Crippen molar-refractivity contribution in [3.05, 3.63) is 180 Å². The van der Waals surface area contributed by atoms with E-state index in [2.05, 4.69) is 106 Å². The maximum absolute atomic E-state index is 12.9. The molecular weight excluding hydrogens is 1200 g/mol. The van der Waals surface area contributed by atoms with Gasteiger partial charge in [0.25, 0.3) is 0 Å². The number of anilines is 3. The molecule has 6 aromatic rings. The first kappa shape index (κ1) is 68.7. The summed E-state index contributed by atoms with van der Waals surface area (Å²) in [7, 11) is 1.66. The molecule has 22 heteroatoms. The van der Waals surface area contributed by atoms with Gasteiger partial charge in [-0.25, -0.2) is 4.79 Å². The van der Waals surface area contributed by atoms with E-state index >= 15 is 0 Å². The SMILES string of the molecule is C=C1CN(c2ccccc2)C2(CCNCC2)N1.CCN(C(=O)OCc1ccccc1)C1CCCCC1.COc1cccc(N2CNC(=O)C23CCNCC3)c1.O=C1NCN(c2cccc(C(F)(F)F)c2)C12CCNCC2.c1ccc(Cc2noc(C3CCNCC3)n2)cc1. The minimum atomic E-state index is -4.38. The van der Waals surface area contributed by atoms with Crippen LogP contribution < -0.4 is 56.7 Å². The number of hydrogen-bond donors (Lipinski definition) is 7. The second kappa shape index (κ2) is 32.8. The number of amides is 3. The Kier molecular flexibility index (Phi) is 24.0. The van der Waals surface area contributed by atoms with Crippen molar-refractivity contribution in [3.8, 4) is 5.75 Å². The average molecular weight is 1290 g/mol. The lowest BCUT2D eigenvalue weighted by atomic mass is 9.86. The highest BCUT2D eigenvalue weighted by Gasteiger charge is 2.51. The first-order valence-electron chi connectivity index (χ1n) is 33.6. The zero-order chi connectivity index (χ0) is 65.8. The standard InChI is InChI=1S/C16H23NO2.C14H16F3N3O.C14H19N3O2.C14H17N3O.C14H19N3/c1-2-17(15-11-7-4-8-12-15)16(18)19-13-14-9-5-3-6-10-14;15-14(16,17)10-2-1-3-11(8-10)20-9-19-12(21)13(20)4-6-18-7-5-13;1-19-12-4-2-3-11(9-12)17-10-16-13(18)14(17)5-7-15-8-6-14;1-2-4-11(5-3-1)10-13-16-14(18-17-13)12-6-8-15-9-7-12;1-12-11-17(13-5-3-2-4-6-13)14(16-12)7-9-15-10-8-14/h3,5-6,9-10,15H,2,4,7-8,11-13H2,1H3;1-3,8,18H,4-7,9H2,(H,19,21);2-4,9,15H,5-8,10H2,1H3,(H,16,18);1-5,12,15H,6-10H2;2-6,15-16H,1,7-11H2. The van der Waals surface area contributed by atoms with Crippen LogP contribution >= 0.6 is 0 Å². The molecule has 0 bridgehead atoms. The molecule has 8 fully saturated rings. The number of nitrogens with one attached hydrogen (secondary N) is 7. The first-order chi connectivity index (χ1) is 45.7. The van der Waals surface area contributed by atoms with E-state index in [1.54, 1.807) is 18.1 Å². The average Bonchev–Trinajstić information content (AvgIpc) is 1.61. The number of aromatic nitrogens is 2. The van der Waals surface area contributed by atoms with E-state index in [1.165, 1.54) is 36.6 Å². The normalized spacial score (nSPS) is 19.8. The van der Waals surface area contributed by atoms with Gasteiger partial charge in [-0.3, -0.25) is 9.59 Å². The molecule has 1 aliphatic carbocycles. The fourth-order valence-electron chi connectivity index (χ4n) is 14.2. The summed E-state index contributed by atoms with van der Waals surface area (Å²) < 4.78 is 54.6. The van der Waals surface area contributed by atoms with Gasteiger partial charge in [0.1, 0.15) is 29.1 Å². The Morgan fingerprint density at radius 2 is 1.16 bits per heavy atom. The summed E-state index contributed by atoms with van der Waals surface area (Å²) >= 11 is 0. The minimum absolute atomic E-state index is 0.0870. The number of benzene rings is 5. The van der Waals surface area contributed by atoms with Crippen LogP contribution in [0.25, 0.3) is 0 Å². The van der Waals surface area contributed by atoms with Gasteiger partial charge in [-0.1, -0.05) is 122 Å². The summed E-state index contributed by atoms with van der Waals surface area (Å²) in [6, 6.07) is 44.2. The van der Waals surface area contributed by atoms with Crippen LogP contribution in [0.5, 0.6) is 5.75 Å². The third kappa shape index (κ3) is 17.2. The number of para-hydroxylation sites is 1. The van der Waals surface area contributed by atoms with Crippen LogP contribution in [-0.4, -0.2) is 142 Å². The molecule has 1 aromatic heterocycles. The number of ether oxygens (including phenoxy) is 2.